The minimum absolute atomic E-state index is 0.146. The third-order valence-electron chi connectivity index (χ3n) is 6.68. The monoisotopic (exact) mass is 531 g/mol. The van der Waals surface area contributed by atoms with Crippen molar-refractivity contribution in [3.8, 4) is 11.5 Å². The maximum Gasteiger partial charge on any atom is 0.417 e. The van der Waals surface area contributed by atoms with Crippen LogP contribution in [0.4, 0.5) is 22.0 Å². The van der Waals surface area contributed by atoms with Crippen molar-refractivity contribution in [2.24, 2.45) is 0 Å². The van der Waals surface area contributed by atoms with Gasteiger partial charge in [-0.2, -0.15) is 0 Å². The minimum atomic E-state index is -0.641. The van der Waals surface area contributed by atoms with E-state index in [0.29, 0.717) is 41.7 Å². The molecule has 2 aromatic carbocycles. The molecule has 2 amide bonds. The number of carbonyl (C=O) groups is 2. The van der Waals surface area contributed by atoms with Crippen LogP contribution in [-0.2, 0) is 4.74 Å². The molecule has 2 saturated heterocycles. The molecule has 0 atom stereocenters. The number of pyridine rings is 1. The number of nitrogens with one attached hydrogen (secondary N) is 3. The largest absolute Gasteiger partial charge is 0.490 e. The second-order valence-corrected chi connectivity index (χ2v) is 9.54. The van der Waals surface area contributed by atoms with Crippen LogP contribution < -0.4 is 30.3 Å². The number of nitrogens with zero attached hydrogens (tertiary/aromatic N) is 2. The Balaban J connectivity index is 1.20. The summed E-state index contributed by atoms with van der Waals surface area (Å²) < 4.78 is 17.0. The van der Waals surface area contributed by atoms with E-state index < -0.39 is 6.09 Å². The number of piperidine rings is 1. The molecule has 0 bridgehead atoms. The van der Waals surface area contributed by atoms with E-state index in [2.05, 4.69) is 25.8 Å². The van der Waals surface area contributed by atoms with E-state index >= 15 is 0 Å². The normalized spacial score (nSPS) is 15.9. The van der Waals surface area contributed by atoms with E-state index in [9.17, 15) is 9.59 Å². The molecule has 10 nitrogen and oxygen atoms in total. The summed E-state index contributed by atoms with van der Waals surface area (Å²) in [5.74, 6) is 1.53. The van der Waals surface area contributed by atoms with Gasteiger partial charge in [-0.15, -0.1) is 0 Å². The maximum absolute atomic E-state index is 13.0. The quantitative estimate of drug-likeness (QED) is 0.415. The molecule has 0 unspecified atom stereocenters. The van der Waals surface area contributed by atoms with E-state index in [1.54, 1.807) is 42.6 Å². The van der Waals surface area contributed by atoms with Gasteiger partial charge in [0, 0.05) is 42.3 Å². The summed E-state index contributed by atoms with van der Waals surface area (Å²) in [5, 5.41) is 9.00. The van der Waals surface area contributed by atoms with Gasteiger partial charge in [0.25, 0.3) is 5.91 Å². The van der Waals surface area contributed by atoms with Gasteiger partial charge in [-0.3, -0.25) is 10.1 Å². The Labute approximate surface area is 227 Å². The third kappa shape index (κ3) is 7.24. The van der Waals surface area contributed by atoms with Crippen molar-refractivity contribution in [2.45, 2.75) is 25.9 Å². The van der Waals surface area contributed by atoms with Gasteiger partial charge < -0.3 is 29.7 Å². The van der Waals surface area contributed by atoms with Gasteiger partial charge in [0.15, 0.2) is 0 Å². The van der Waals surface area contributed by atoms with Crippen molar-refractivity contribution < 1.29 is 23.8 Å². The van der Waals surface area contributed by atoms with Crippen molar-refractivity contribution in [1.82, 2.24) is 10.3 Å². The molecule has 10 heteroatoms. The first-order valence-corrected chi connectivity index (χ1v) is 13.2. The summed E-state index contributed by atoms with van der Waals surface area (Å²) in [6.07, 6.45) is 2.99. The van der Waals surface area contributed by atoms with Gasteiger partial charge in [0.2, 0.25) is 0 Å². The standard InChI is InChI=1S/C29H33N5O5/c1-20-5-6-22(32-29(36)39-25-9-12-31-27(19-25)34-13-15-37-16-14-34)18-26(20)33-28(35)21-3-2-4-24(17-21)38-23-7-10-30-11-8-23/h2-6,9,12,17-19,23,30H,7-8,10-11,13-16H2,1H3,(H,32,36)(H,33,35). The van der Waals surface area contributed by atoms with Crippen molar-refractivity contribution >= 4 is 29.2 Å². The zero-order valence-corrected chi connectivity index (χ0v) is 21.9. The van der Waals surface area contributed by atoms with E-state index in [-0.39, 0.29) is 12.0 Å². The lowest BCUT2D eigenvalue weighted by Crippen LogP contribution is -2.36. The fourth-order valence-electron chi connectivity index (χ4n) is 4.52. The predicted octanol–water partition coefficient (Wildman–Crippen LogP) is 4.22. The van der Waals surface area contributed by atoms with Gasteiger partial charge in [-0.25, -0.2) is 9.78 Å². The lowest BCUT2D eigenvalue weighted by molar-refractivity contribution is 0.102. The molecule has 0 radical (unpaired) electrons. The van der Waals surface area contributed by atoms with Crippen LogP contribution in [0, 0.1) is 6.92 Å². The molecule has 5 rings (SSSR count). The molecule has 39 heavy (non-hydrogen) atoms. The number of rotatable bonds is 7. The highest BCUT2D eigenvalue weighted by atomic mass is 16.6. The van der Waals surface area contributed by atoms with Crippen LogP contribution in [0.5, 0.6) is 11.5 Å². The molecule has 0 spiro atoms. The fraction of sp³-hybridized carbons (Fsp3) is 0.345. The Hall–Kier alpha value is -4.15. The van der Waals surface area contributed by atoms with Crippen molar-refractivity contribution in [3.63, 3.8) is 0 Å². The summed E-state index contributed by atoms with van der Waals surface area (Å²) in [6.45, 7) is 6.49. The van der Waals surface area contributed by atoms with Crippen molar-refractivity contribution in [3.05, 3.63) is 71.9 Å². The SMILES string of the molecule is Cc1ccc(NC(=O)Oc2ccnc(N3CCOCC3)c2)cc1NC(=O)c1cccc(OC2CCNCC2)c1. The Bertz CT molecular complexity index is 1300. The number of anilines is 3. The van der Waals surface area contributed by atoms with Crippen LogP contribution in [0.25, 0.3) is 0 Å². The highest BCUT2D eigenvalue weighted by Crippen LogP contribution is 2.24. The first kappa shape index (κ1) is 26.5. The van der Waals surface area contributed by atoms with Crippen LogP contribution in [0.3, 0.4) is 0 Å². The second kappa shape index (κ2) is 12.6. The average Bonchev–Trinajstić information content (AvgIpc) is 2.96. The van der Waals surface area contributed by atoms with E-state index in [1.807, 2.05) is 25.1 Å². The molecule has 2 aliphatic rings. The third-order valence-corrected chi connectivity index (χ3v) is 6.68. The molecular weight excluding hydrogens is 498 g/mol. The number of amides is 2. The molecule has 3 N–H and O–H groups in total. The first-order chi connectivity index (χ1) is 19.0. The Kier molecular flexibility index (Phi) is 8.55. The van der Waals surface area contributed by atoms with Gasteiger partial charge in [0.05, 0.1) is 13.2 Å². The lowest BCUT2D eigenvalue weighted by Gasteiger charge is -2.27. The van der Waals surface area contributed by atoms with Crippen LogP contribution >= 0.6 is 0 Å². The topological polar surface area (TPSA) is 114 Å². The van der Waals surface area contributed by atoms with Crippen LogP contribution in [0.1, 0.15) is 28.8 Å². The number of morpholine rings is 1. The zero-order chi connectivity index (χ0) is 27.0. The summed E-state index contributed by atoms with van der Waals surface area (Å²) in [5.41, 5.74) is 2.42. The lowest BCUT2D eigenvalue weighted by atomic mass is 10.1. The molecule has 0 aliphatic carbocycles. The molecular formula is C29H33N5O5. The summed E-state index contributed by atoms with van der Waals surface area (Å²) in [6, 6.07) is 15.8. The number of aromatic nitrogens is 1. The van der Waals surface area contributed by atoms with Gasteiger partial charge in [-0.1, -0.05) is 12.1 Å². The van der Waals surface area contributed by atoms with Crippen LogP contribution in [0.2, 0.25) is 0 Å². The van der Waals surface area contributed by atoms with Crippen molar-refractivity contribution in [1.29, 1.82) is 0 Å². The molecule has 0 saturated carbocycles. The highest BCUT2D eigenvalue weighted by Gasteiger charge is 2.17. The Morgan fingerprint density at radius 2 is 1.82 bits per heavy atom. The number of benzene rings is 2. The highest BCUT2D eigenvalue weighted by molar-refractivity contribution is 6.05. The number of carbonyl (C=O) groups excluding carboxylic acids is 2. The molecule has 2 aliphatic heterocycles. The first-order valence-electron chi connectivity index (χ1n) is 13.2. The number of hydrogen-bond acceptors (Lipinski definition) is 8. The average molecular weight is 532 g/mol. The molecule has 3 aromatic rings. The van der Waals surface area contributed by atoms with E-state index in [4.69, 9.17) is 14.2 Å². The Morgan fingerprint density at radius 3 is 2.64 bits per heavy atom. The van der Waals surface area contributed by atoms with Crippen molar-refractivity contribution in [2.75, 3.05) is 54.9 Å². The van der Waals surface area contributed by atoms with E-state index in [1.165, 1.54) is 0 Å². The fourth-order valence-corrected chi connectivity index (χ4v) is 4.52. The zero-order valence-electron chi connectivity index (χ0n) is 21.9. The van der Waals surface area contributed by atoms with Gasteiger partial charge in [-0.05, 0) is 74.8 Å². The summed E-state index contributed by atoms with van der Waals surface area (Å²) in [4.78, 5) is 32.1. The second-order valence-electron chi connectivity index (χ2n) is 9.54. The summed E-state index contributed by atoms with van der Waals surface area (Å²) >= 11 is 0. The molecule has 2 fully saturated rings. The number of aryl methyl sites for hydroxylation is 1. The van der Waals surface area contributed by atoms with Crippen LogP contribution in [-0.4, -0.2) is 62.5 Å². The smallest absolute Gasteiger partial charge is 0.417 e. The molecule has 204 valence electrons. The van der Waals surface area contributed by atoms with Crippen LogP contribution in [0.15, 0.2) is 60.8 Å². The maximum atomic E-state index is 13.0. The number of hydrogen-bond donors (Lipinski definition) is 3. The van der Waals surface area contributed by atoms with E-state index in [0.717, 1.165) is 50.4 Å². The van der Waals surface area contributed by atoms with Gasteiger partial charge >= 0.3 is 6.09 Å². The van der Waals surface area contributed by atoms with Gasteiger partial charge in [0.1, 0.15) is 23.4 Å². The molecule has 3 heterocycles. The minimum Gasteiger partial charge on any atom is -0.490 e. The summed E-state index contributed by atoms with van der Waals surface area (Å²) in [7, 11) is 0. The Morgan fingerprint density at radius 1 is 1.00 bits per heavy atom. The predicted molar refractivity (Wildman–Crippen MR) is 149 cm³/mol. The molecule has 1 aromatic heterocycles. The number of ether oxygens (including phenoxy) is 3.